The van der Waals surface area contributed by atoms with Crippen LogP contribution in [0.25, 0.3) is 5.76 Å². The fraction of sp³-hybridized carbons (Fsp3) is 0.385. The van der Waals surface area contributed by atoms with Gasteiger partial charge in [0.25, 0.3) is 5.91 Å². The van der Waals surface area contributed by atoms with Gasteiger partial charge in [-0.1, -0.05) is 24.0 Å². The van der Waals surface area contributed by atoms with Crippen LogP contribution in [0.2, 0.25) is 0 Å². The van der Waals surface area contributed by atoms with Gasteiger partial charge in [0.2, 0.25) is 5.78 Å². The van der Waals surface area contributed by atoms with Gasteiger partial charge in [0.05, 0.1) is 48.0 Å². The van der Waals surface area contributed by atoms with Crippen LogP contribution in [-0.4, -0.2) is 65.1 Å². The van der Waals surface area contributed by atoms with Gasteiger partial charge in [-0.2, -0.15) is 0 Å². The smallest absolute Gasteiger partial charge is 0.295 e. The number of para-hydroxylation sites is 1. The highest BCUT2D eigenvalue weighted by Gasteiger charge is 2.45. The van der Waals surface area contributed by atoms with Crippen molar-refractivity contribution in [2.45, 2.75) is 19.4 Å². The van der Waals surface area contributed by atoms with Gasteiger partial charge in [-0.15, -0.1) is 0 Å². The monoisotopic (exact) mass is 468 g/mol. The third-order valence-corrected chi connectivity index (χ3v) is 6.01. The molecule has 8 nitrogen and oxygen atoms in total. The molecule has 182 valence electrons. The van der Waals surface area contributed by atoms with Gasteiger partial charge in [-0.25, -0.2) is 0 Å². The summed E-state index contributed by atoms with van der Waals surface area (Å²) in [4.78, 5) is 29.1. The second-order valence-corrected chi connectivity index (χ2v) is 8.55. The van der Waals surface area contributed by atoms with Crippen molar-refractivity contribution < 1.29 is 33.8 Å². The number of nitrogens with zero attached hydrogens (tertiary/aromatic N) is 1. The van der Waals surface area contributed by atoms with Crippen LogP contribution in [0.5, 0.6) is 17.2 Å². The average molecular weight is 469 g/mol. The standard InChI is InChI=1S/C26H32N2O6/c1-16-15-17(32-4)11-12-18(16)23(29)21-22(19-9-7-10-20(33-5)25(19)34-6)28(26(31)24(21)30)14-8-13-27(2)3/h7,9-12,15,22,29H,8,13-14H2,1-6H3/b23-21+. The van der Waals surface area contributed by atoms with Crippen molar-refractivity contribution >= 4 is 17.4 Å². The first kappa shape index (κ1) is 25.1. The number of amides is 1. The van der Waals surface area contributed by atoms with E-state index < -0.39 is 23.5 Å². The first-order valence-corrected chi connectivity index (χ1v) is 11.2. The molecule has 1 unspecified atom stereocenters. The van der Waals surface area contributed by atoms with Crippen molar-refractivity contribution in [3.05, 3.63) is 58.7 Å². The predicted molar refractivity (Wildman–Crippen MR) is 126 cm³/mol. The summed E-state index contributed by atoms with van der Waals surface area (Å²) in [7, 11) is 8.60. The first-order valence-electron chi connectivity index (χ1n) is 11.2. The third kappa shape index (κ3) is 4.72. The molecule has 0 saturated carbocycles. The lowest BCUT2D eigenvalue weighted by Crippen LogP contribution is -3.05. The molecule has 3 rings (SSSR count). The van der Waals surface area contributed by atoms with Gasteiger partial charge in [-0.05, 0) is 36.2 Å². The topological polar surface area (TPSA) is 92.6 Å². The Morgan fingerprint density at radius 2 is 1.79 bits per heavy atom. The Kier molecular flexibility index (Phi) is 7.83. The van der Waals surface area contributed by atoms with E-state index in [0.29, 0.717) is 46.9 Å². The Hall–Kier alpha value is -3.52. The molecule has 1 heterocycles. The highest BCUT2D eigenvalue weighted by atomic mass is 16.5. The lowest BCUT2D eigenvalue weighted by Gasteiger charge is -2.29. The molecule has 1 saturated heterocycles. The zero-order valence-electron chi connectivity index (χ0n) is 20.6. The number of ether oxygens (including phenoxy) is 3. The maximum Gasteiger partial charge on any atom is 0.295 e. The lowest BCUT2D eigenvalue weighted by molar-refractivity contribution is -0.858. The molecular formula is C26H32N2O6. The number of carbonyl (C=O) groups excluding carboxylic acids is 2. The predicted octanol–water partition coefficient (Wildman–Crippen LogP) is 0.779. The Bertz CT molecular complexity index is 1110. The molecule has 0 radical (unpaired) electrons. The number of rotatable bonds is 9. The zero-order valence-corrected chi connectivity index (χ0v) is 20.6. The summed E-state index contributed by atoms with van der Waals surface area (Å²) >= 11 is 0. The van der Waals surface area contributed by atoms with Crippen LogP contribution >= 0.6 is 0 Å². The average Bonchev–Trinajstić information content (AvgIpc) is 3.07. The number of methoxy groups -OCH3 is 3. The molecule has 8 heteroatoms. The summed E-state index contributed by atoms with van der Waals surface area (Å²) in [6.45, 7) is 2.91. The van der Waals surface area contributed by atoms with Crippen molar-refractivity contribution in [1.29, 1.82) is 0 Å². The SMILES string of the molecule is COc1ccc(/C([O-])=C2\C(=O)C(=O)N(CCC[NH+](C)C)C2c2cccc(OC)c2OC)c(C)c1. The maximum atomic E-state index is 13.7. The Morgan fingerprint density at radius 3 is 2.38 bits per heavy atom. The summed E-state index contributed by atoms with van der Waals surface area (Å²) in [6, 6.07) is 9.39. The summed E-state index contributed by atoms with van der Waals surface area (Å²) < 4.78 is 16.3. The summed E-state index contributed by atoms with van der Waals surface area (Å²) in [5.74, 6) is -0.499. The van der Waals surface area contributed by atoms with Crippen LogP contribution in [-0.2, 0) is 9.59 Å². The fourth-order valence-electron chi connectivity index (χ4n) is 4.32. The maximum absolute atomic E-state index is 13.7. The first-order chi connectivity index (χ1) is 16.2. The molecule has 1 aliphatic rings. The molecule has 0 aromatic heterocycles. The second-order valence-electron chi connectivity index (χ2n) is 8.55. The molecule has 0 bridgehead atoms. The third-order valence-electron chi connectivity index (χ3n) is 6.01. The molecular weight excluding hydrogens is 436 g/mol. The van der Waals surface area contributed by atoms with Crippen molar-refractivity contribution in [2.24, 2.45) is 0 Å². The van der Waals surface area contributed by atoms with E-state index in [2.05, 4.69) is 0 Å². The number of quaternary nitrogens is 1. The molecule has 1 atom stereocenters. The molecule has 2 aromatic rings. The zero-order chi connectivity index (χ0) is 25.0. The van der Waals surface area contributed by atoms with Crippen molar-refractivity contribution in [2.75, 3.05) is 48.5 Å². The van der Waals surface area contributed by atoms with Crippen LogP contribution in [0.15, 0.2) is 42.0 Å². The number of hydrogen-bond donors (Lipinski definition) is 1. The van der Waals surface area contributed by atoms with E-state index in [1.165, 1.54) is 24.0 Å². The fourth-order valence-corrected chi connectivity index (χ4v) is 4.32. The largest absolute Gasteiger partial charge is 0.872 e. The Morgan fingerprint density at radius 1 is 1.06 bits per heavy atom. The highest BCUT2D eigenvalue weighted by molar-refractivity contribution is 6.46. The van der Waals surface area contributed by atoms with Gasteiger partial charge >= 0.3 is 0 Å². The number of Topliss-reactive ketones (excluding diaryl/α,β-unsaturated/α-hetero) is 1. The molecule has 2 aromatic carbocycles. The minimum atomic E-state index is -0.879. The second kappa shape index (κ2) is 10.6. The molecule has 34 heavy (non-hydrogen) atoms. The Balaban J connectivity index is 2.22. The van der Waals surface area contributed by atoms with Crippen LogP contribution < -0.4 is 24.2 Å². The summed E-state index contributed by atoms with van der Waals surface area (Å²) in [6.07, 6.45) is 0.674. The molecule has 1 amide bonds. The molecule has 0 aliphatic carbocycles. The number of carbonyl (C=O) groups is 2. The van der Waals surface area contributed by atoms with Gasteiger partial charge in [-0.3, -0.25) is 9.59 Å². The minimum Gasteiger partial charge on any atom is -0.872 e. The summed E-state index contributed by atoms with van der Waals surface area (Å²) in [5, 5.41) is 13.7. The van der Waals surface area contributed by atoms with E-state index in [9.17, 15) is 14.7 Å². The number of ketones is 1. The number of aryl methyl sites for hydroxylation is 1. The number of benzene rings is 2. The highest BCUT2D eigenvalue weighted by Crippen LogP contribution is 2.45. The quantitative estimate of drug-likeness (QED) is 0.332. The van der Waals surface area contributed by atoms with Gasteiger partial charge in [0, 0.05) is 24.1 Å². The number of hydrogen-bond acceptors (Lipinski definition) is 6. The van der Waals surface area contributed by atoms with E-state index in [1.807, 2.05) is 14.1 Å². The molecule has 1 N–H and O–H groups in total. The van der Waals surface area contributed by atoms with Crippen LogP contribution in [0.1, 0.15) is 29.2 Å². The number of likely N-dealkylation sites (tertiary alicyclic amines) is 1. The molecule has 0 spiro atoms. The van der Waals surface area contributed by atoms with Gasteiger partial charge in [0.1, 0.15) is 5.75 Å². The van der Waals surface area contributed by atoms with Crippen molar-refractivity contribution in [1.82, 2.24) is 4.90 Å². The van der Waals surface area contributed by atoms with Crippen LogP contribution in [0, 0.1) is 6.92 Å². The Labute approximate surface area is 200 Å². The minimum absolute atomic E-state index is 0.0815. The van der Waals surface area contributed by atoms with Gasteiger partial charge < -0.3 is 29.1 Å². The van der Waals surface area contributed by atoms with E-state index >= 15 is 0 Å². The van der Waals surface area contributed by atoms with E-state index in [1.54, 1.807) is 50.4 Å². The van der Waals surface area contributed by atoms with Gasteiger partial charge in [0.15, 0.2) is 11.5 Å². The number of nitrogens with one attached hydrogen (secondary N) is 1. The molecule has 1 fully saturated rings. The summed E-state index contributed by atoms with van der Waals surface area (Å²) in [5.41, 5.74) is 1.46. The van der Waals surface area contributed by atoms with Crippen LogP contribution in [0.4, 0.5) is 0 Å². The normalized spacial score (nSPS) is 17.4. The van der Waals surface area contributed by atoms with Crippen molar-refractivity contribution in [3.8, 4) is 17.2 Å². The lowest BCUT2D eigenvalue weighted by atomic mass is 9.93. The van der Waals surface area contributed by atoms with Crippen LogP contribution in [0.3, 0.4) is 0 Å². The molecule has 1 aliphatic heterocycles. The van der Waals surface area contributed by atoms with Crippen molar-refractivity contribution in [3.63, 3.8) is 0 Å². The van der Waals surface area contributed by atoms with E-state index in [4.69, 9.17) is 14.2 Å². The van der Waals surface area contributed by atoms with E-state index in [0.717, 1.165) is 6.54 Å². The van der Waals surface area contributed by atoms with E-state index in [-0.39, 0.29) is 5.57 Å².